The number of pyridine rings is 1. The van der Waals surface area contributed by atoms with Gasteiger partial charge in [-0.2, -0.15) is 0 Å². The summed E-state index contributed by atoms with van der Waals surface area (Å²) in [6.07, 6.45) is 3.87. The first-order valence-corrected chi connectivity index (χ1v) is 3.69. The van der Waals surface area contributed by atoms with Crippen LogP contribution in [0.2, 0.25) is 0 Å². The number of fused-ring (bicyclic) bond motifs is 1. The third kappa shape index (κ3) is 1.72. The third-order valence-electron chi connectivity index (χ3n) is 1.96. The van der Waals surface area contributed by atoms with Crippen molar-refractivity contribution in [3.8, 4) is 0 Å². The summed E-state index contributed by atoms with van der Waals surface area (Å²) >= 11 is 0. The Bertz CT molecular complexity index is 305. The summed E-state index contributed by atoms with van der Waals surface area (Å²) in [6, 6.07) is 1.36. The fourth-order valence-electron chi connectivity index (χ4n) is 1.34. The molecule has 0 saturated carbocycles. The molecule has 13 heavy (non-hydrogen) atoms. The van der Waals surface area contributed by atoms with Crippen molar-refractivity contribution in [3.63, 3.8) is 0 Å². The van der Waals surface area contributed by atoms with Gasteiger partial charge in [-0.15, -0.1) is 12.4 Å². The highest BCUT2D eigenvalue weighted by Gasteiger charge is 2.25. The summed E-state index contributed by atoms with van der Waals surface area (Å²) in [5.74, 6) is -0.814. The lowest BCUT2D eigenvalue weighted by Crippen LogP contribution is -2.26. The molecule has 1 aliphatic heterocycles. The molecule has 0 aliphatic carbocycles. The van der Waals surface area contributed by atoms with E-state index in [9.17, 15) is 4.79 Å². The molecule has 4 nitrogen and oxygen atoms in total. The van der Waals surface area contributed by atoms with Gasteiger partial charge in [-0.1, -0.05) is 0 Å². The molecule has 0 fully saturated rings. The Morgan fingerprint density at radius 2 is 2.46 bits per heavy atom. The van der Waals surface area contributed by atoms with Crippen LogP contribution in [-0.2, 0) is 11.2 Å². The number of rotatable bonds is 1. The van der Waals surface area contributed by atoms with Crippen LogP contribution in [0.25, 0.3) is 0 Å². The van der Waals surface area contributed by atoms with Gasteiger partial charge < -0.3 is 10.4 Å². The Morgan fingerprint density at radius 3 is 3.08 bits per heavy atom. The third-order valence-corrected chi connectivity index (χ3v) is 1.96. The van der Waals surface area contributed by atoms with E-state index >= 15 is 0 Å². The van der Waals surface area contributed by atoms with Gasteiger partial charge >= 0.3 is 5.97 Å². The number of hydrogen-bond acceptors (Lipinski definition) is 3. The summed E-state index contributed by atoms with van der Waals surface area (Å²) in [6.45, 7) is 0. The van der Waals surface area contributed by atoms with Gasteiger partial charge in [-0.25, -0.2) is 4.79 Å². The molecule has 0 aromatic carbocycles. The lowest BCUT2D eigenvalue weighted by Gasteiger charge is -2.02. The average Bonchev–Trinajstić information content (AvgIpc) is 2.46. The predicted molar refractivity (Wildman–Crippen MR) is 50.2 cm³/mol. The number of carboxylic acids is 1. The van der Waals surface area contributed by atoms with Crippen LogP contribution < -0.4 is 5.32 Å². The number of hydrogen-bond donors (Lipinski definition) is 2. The van der Waals surface area contributed by atoms with Gasteiger partial charge in [0.05, 0.1) is 11.9 Å². The van der Waals surface area contributed by atoms with Crippen molar-refractivity contribution in [2.45, 2.75) is 12.5 Å². The van der Waals surface area contributed by atoms with Crippen LogP contribution in [0.15, 0.2) is 18.5 Å². The van der Waals surface area contributed by atoms with Gasteiger partial charge in [-0.05, 0) is 11.6 Å². The summed E-state index contributed by atoms with van der Waals surface area (Å²) in [5, 5.41) is 11.6. The second-order valence-corrected chi connectivity index (χ2v) is 2.77. The van der Waals surface area contributed by atoms with Crippen molar-refractivity contribution in [2.75, 3.05) is 5.32 Å². The van der Waals surface area contributed by atoms with Gasteiger partial charge in [0.15, 0.2) is 0 Å². The lowest BCUT2D eigenvalue weighted by molar-refractivity contribution is -0.137. The first-order valence-electron chi connectivity index (χ1n) is 3.69. The van der Waals surface area contributed by atoms with Gasteiger partial charge in [-0.3, -0.25) is 4.98 Å². The molecule has 2 N–H and O–H groups in total. The van der Waals surface area contributed by atoms with E-state index in [4.69, 9.17) is 5.11 Å². The molecule has 70 valence electrons. The fourth-order valence-corrected chi connectivity index (χ4v) is 1.34. The molecule has 2 heterocycles. The zero-order chi connectivity index (χ0) is 8.55. The number of halogens is 1. The largest absolute Gasteiger partial charge is 0.480 e. The normalized spacial score (nSPS) is 18.3. The summed E-state index contributed by atoms with van der Waals surface area (Å²) in [5.41, 5.74) is 1.86. The number of aromatic nitrogens is 1. The Kier molecular flexibility index (Phi) is 2.72. The summed E-state index contributed by atoms with van der Waals surface area (Å²) in [7, 11) is 0. The Hall–Kier alpha value is -1.29. The average molecular weight is 201 g/mol. The Labute approximate surface area is 81.4 Å². The van der Waals surface area contributed by atoms with Crippen LogP contribution >= 0.6 is 12.4 Å². The lowest BCUT2D eigenvalue weighted by atomic mass is 10.1. The fraction of sp³-hybridized carbons (Fsp3) is 0.250. The van der Waals surface area contributed by atoms with Gasteiger partial charge in [0.1, 0.15) is 6.04 Å². The number of nitrogens with one attached hydrogen (secondary N) is 1. The molecule has 1 unspecified atom stereocenters. The highest BCUT2D eigenvalue weighted by Crippen LogP contribution is 2.23. The van der Waals surface area contributed by atoms with E-state index in [0.717, 1.165) is 11.3 Å². The Balaban J connectivity index is 0.000000845. The monoisotopic (exact) mass is 200 g/mol. The van der Waals surface area contributed by atoms with Gasteiger partial charge in [0.2, 0.25) is 0 Å². The number of carbonyl (C=O) groups is 1. The van der Waals surface area contributed by atoms with E-state index in [1.165, 1.54) is 0 Å². The number of anilines is 1. The van der Waals surface area contributed by atoms with E-state index in [2.05, 4.69) is 10.3 Å². The molecule has 0 bridgehead atoms. The molecule has 1 aromatic rings. The second-order valence-electron chi connectivity index (χ2n) is 2.77. The molecule has 1 atom stereocenters. The molecule has 1 aliphatic rings. The van der Waals surface area contributed by atoms with E-state index in [1.54, 1.807) is 12.4 Å². The van der Waals surface area contributed by atoms with Crippen molar-refractivity contribution in [2.24, 2.45) is 0 Å². The predicted octanol–water partition coefficient (Wildman–Crippen LogP) is 0.925. The van der Waals surface area contributed by atoms with Crippen molar-refractivity contribution in [1.82, 2.24) is 4.98 Å². The minimum absolute atomic E-state index is 0. The molecule has 1 aromatic heterocycles. The molecular formula is C8H9ClN2O2. The van der Waals surface area contributed by atoms with Crippen LogP contribution in [0.4, 0.5) is 5.69 Å². The number of nitrogens with zero attached hydrogens (tertiary/aromatic N) is 1. The highest BCUT2D eigenvalue weighted by atomic mass is 35.5. The SMILES string of the molecule is Cl.O=C(O)C1Cc2ccncc2N1. The van der Waals surface area contributed by atoms with Gasteiger partial charge in [0, 0.05) is 12.6 Å². The number of aliphatic carboxylic acids is 1. The van der Waals surface area contributed by atoms with Crippen molar-refractivity contribution >= 4 is 24.1 Å². The smallest absolute Gasteiger partial charge is 0.326 e. The maximum atomic E-state index is 10.6. The molecule has 0 radical (unpaired) electrons. The second kappa shape index (κ2) is 3.62. The first-order chi connectivity index (χ1) is 5.77. The van der Waals surface area contributed by atoms with Crippen molar-refractivity contribution in [1.29, 1.82) is 0 Å². The quantitative estimate of drug-likeness (QED) is 0.708. The van der Waals surface area contributed by atoms with Crippen LogP contribution in [0.3, 0.4) is 0 Å². The highest BCUT2D eigenvalue weighted by molar-refractivity contribution is 5.85. The van der Waals surface area contributed by atoms with Crippen LogP contribution in [0.1, 0.15) is 5.56 Å². The van der Waals surface area contributed by atoms with Gasteiger partial charge in [0.25, 0.3) is 0 Å². The van der Waals surface area contributed by atoms with E-state index in [0.29, 0.717) is 6.42 Å². The Morgan fingerprint density at radius 1 is 1.69 bits per heavy atom. The standard InChI is InChI=1S/C8H8N2O2.ClH/c11-8(12)6-3-5-1-2-9-4-7(5)10-6;/h1-2,4,6,10H,3H2,(H,11,12);1H. The van der Waals surface area contributed by atoms with E-state index in [-0.39, 0.29) is 12.4 Å². The van der Waals surface area contributed by atoms with Crippen LogP contribution in [0, 0.1) is 0 Å². The summed E-state index contributed by atoms with van der Waals surface area (Å²) < 4.78 is 0. The molecule has 5 heteroatoms. The zero-order valence-electron chi connectivity index (χ0n) is 6.73. The van der Waals surface area contributed by atoms with Crippen LogP contribution in [0.5, 0.6) is 0 Å². The zero-order valence-corrected chi connectivity index (χ0v) is 7.54. The topological polar surface area (TPSA) is 62.2 Å². The maximum Gasteiger partial charge on any atom is 0.326 e. The molecule has 2 rings (SSSR count). The van der Waals surface area contributed by atoms with Crippen LogP contribution in [-0.4, -0.2) is 22.1 Å². The number of carboxylic acid groups (broad SMARTS) is 1. The minimum Gasteiger partial charge on any atom is -0.480 e. The van der Waals surface area contributed by atoms with E-state index < -0.39 is 12.0 Å². The molecule has 0 saturated heterocycles. The maximum absolute atomic E-state index is 10.6. The van der Waals surface area contributed by atoms with E-state index in [1.807, 2.05) is 6.07 Å². The van der Waals surface area contributed by atoms with Crippen molar-refractivity contribution in [3.05, 3.63) is 24.0 Å². The minimum atomic E-state index is -0.814. The molecule has 0 amide bonds. The molecule has 0 spiro atoms. The molecular weight excluding hydrogens is 192 g/mol. The first kappa shape index (κ1) is 9.80. The van der Waals surface area contributed by atoms with Crippen molar-refractivity contribution < 1.29 is 9.90 Å². The summed E-state index contributed by atoms with van der Waals surface area (Å²) in [4.78, 5) is 14.5.